The zero-order valence-corrected chi connectivity index (χ0v) is 7.69. The Bertz CT molecular complexity index is 253. The molecule has 2 aliphatic rings. The lowest BCUT2D eigenvalue weighted by atomic mass is 10.8. The maximum Gasteiger partial charge on any atom is 0.321 e. The molecular weight excluding hydrogens is 184 g/mol. The minimum Gasteiger partial charge on any atom is -0.321 e. The first-order chi connectivity index (χ1) is 6.77. The summed E-state index contributed by atoms with van der Waals surface area (Å²) in [6, 6.07) is -0.246. The van der Waals surface area contributed by atoms with Crippen LogP contribution in [0.3, 0.4) is 0 Å². The second-order valence-electron chi connectivity index (χ2n) is 3.21. The van der Waals surface area contributed by atoms with Crippen molar-refractivity contribution in [2.24, 2.45) is 0 Å². The number of carbonyl (C=O) groups is 2. The minimum atomic E-state index is -0.123. The van der Waals surface area contributed by atoms with Crippen molar-refractivity contribution in [2.45, 2.75) is 0 Å². The van der Waals surface area contributed by atoms with Gasteiger partial charge in [0.1, 0.15) is 0 Å². The van der Waals surface area contributed by atoms with Crippen LogP contribution in [-0.4, -0.2) is 48.0 Å². The largest absolute Gasteiger partial charge is 0.321 e. The molecule has 0 aromatic carbocycles. The quantitative estimate of drug-likeness (QED) is 0.585. The van der Waals surface area contributed by atoms with Crippen molar-refractivity contribution in [2.75, 3.05) is 26.2 Å². The molecule has 0 atom stereocenters. The highest BCUT2D eigenvalue weighted by Crippen LogP contribution is 2.03. The van der Waals surface area contributed by atoms with Gasteiger partial charge in [-0.25, -0.2) is 9.59 Å². The van der Waals surface area contributed by atoms with Gasteiger partial charge in [-0.15, -0.1) is 0 Å². The molecule has 2 fully saturated rings. The van der Waals surface area contributed by atoms with Gasteiger partial charge in [0, 0.05) is 38.6 Å². The SMILES string of the molecule is O=C(N/C=C/NC(=O)N1CC1)N1CC1. The fourth-order valence-electron chi connectivity index (χ4n) is 0.915. The Hall–Kier alpha value is -1.72. The number of nitrogens with zero attached hydrogens (tertiary/aromatic N) is 2. The third kappa shape index (κ3) is 2.38. The van der Waals surface area contributed by atoms with Crippen LogP contribution in [0.25, 0.3) is 0 Å². The molecule has 2 saturated heterocycles. The van der Waals surface area contributed by atoms with Crippen LogP contribution in [0.1, 0.15) is 0 Å². The highest BCUT2D eigenvalue weighted by atomic mass is 16.2. The van der Waals surface area contributed by atoms with E-state index in [0.717, 1.165) is 26.2 Å². The number of urea groups is 2. The lowest BCUT2D eigenvalue weighted by Crippen LogP contribution is -2.26. The van der Waals surface area contributed by atoms with Gasteiger partial charge in [-0.05, 0) is 0 Å². The van der Waals surface area contributed by atoms with Gasteiger partial charge in [-0.1, -0.05) is 0 Å². The van der Waals surface area contributed by atoms with Crippen molar-refractivity contribution in [3.63, 3.8) is 0 Å². The third-order valence-corrected chi connectivity index (χ3v) is 1.97. The molecule has 2 N–H and O–H groups in total. The molecule has 0 saturated carbocycles. The van der Waals surface area contributed by atoms with Crippen LogP contribution in [0, 0.1) is 0 Å². The van der Waals surface area contributed by atoms with E-state index in [9.17, 15) is 9.59 Å². The number of hydrogen-bond donors (Lipinski definition) is 2. The fourth-order valence-corrected chi connectivity index (χ4v) is 0.915. The third-order valence-electron chi connectivity index (χ3n) is 1.97. The van der Waals surface area contributed by atoms with Gasteiger partial charge in [-0.2, -0.15) is 0 Å². The lowest BCUT2D eigenvalue weighted by Gasteiger charge is -2.00. The topological polar surface area (TPSA) is 64.2 Å². The second-order valence-corrected chi connectivity index (χ2v) is 3.21. The van der Waals surface area contributed by atoms with E-state index in [1.54, 1.807) is 9.80 Å². The molecule has 6 heteroatoms. The molecule has 76 valence electrons. The molecule has 2 heterocycles. The summed E-state index contributed by atoms with van der Waals surface area (Å²) >= 11 is 0. The van der Waals surface area contributed by atoms with Gasteiger partial charge in [0.05, 0.1) is 0 Å². The van der Waals surface area contributed by atoms with E-state index in [1.807, 2.05) is 0 Å². The maximum atomic E-state index is 11.0. The van der Waals surface area contributed by atoms with Gasteiger partial charge >= 0.3 is 12.1 Å². The molecule has 2 rings (SSSR count). The van der Waals surface area contributed by atoms with Gasteiger partial charge in [0.15, 0.2) is 0 Å². The Morgan fingerprint density at radius 3 is 1.50 bits per heavy atom. The van der Waals surface area contributed by atoms with Gasteiger partial charge in [0.25, 0.3) is 0 Å². The monoisotopic (exact) mass is 196 g/mol. The number of amides is 4. The van der Waals surface area contributed by atoms with Crippen LogP contribution >= 0.6 is 0 Å². The summed E-state index contributed by atoms with van der Waals surface area (Å²) in [6.45, 7) is 3.28. The summed E-state index contributed by atoms with van der Waals surface area (Å²) in [7, 11) is 0. The minimum absolute atomic E-state index is 0.123. The first-order valence-corrected chi connectivity index (χ1v) is 4.53. The second kappa shape index (κ2) is 3.57. The predicted molar refractivity (Wildman–Crippen MR) is 49.3 cm³/mol. The number of rotatable bonds is 2. The highest BCUT2D eigenvalue weighted by Gasteiger charge is 2.23. The summed E-state index contributed by atoms with van der Waals surface area (Å²) in [4.78, 5) is 25.4. The van der Waals surface area contributed by atoms with Crippen molar-refractivity contribution in [1.82, 2.24) is 20.4 Å². The molecule has 14 heavy (non-hydrogen) atoms. The van der Waals surface area contributed by atoms with Crippen LogP contribution < -0.4 is 10.6 Å². The van der Waals surface area contributed by atoms with Crippen LogP contribution in [0.4, 0.5) is 9.59 Å². The van der Waals surface area contributed by atoms with E-state index in [-0.39, 0.29) is 12.1 Å². The molecular formula is C8H12N4O2. The molecule has 0 aromatic rings. The number of carbonyl (C=O) groups excluding carboxylic acids is 2. The average Bonchev–Trinajstić information content (AvgIpc) is 3.06. The average molecular weight is 196 g/mol. The van der Waals surface area contributed by atoms with E-state index in [1.165, 1.54) is 12.4 Å². The molecule has 0 aliphatic carbocycles. The van der Waals surface area contributed by atoms with Crippen molar-refractivity contribution in [1.29, 1.82) is 0 Å². The van der Waals surface area contributed by atoms with Crippen molar-refractivity contribution in [3.8, 4) is 0 Å². The van der Waals surface area contributed by atoms with Crippen molar-refractivity contribution < 1.29 is 9.59 Å². The molecule has 6 nitrogen and oxygen atoms in total. The van der Waals surface area contributed by atoms with Crippen LogP contribution in [0.2, 0.25) is 0 Å². The van der Waals surface area contributed by atoms with E-state index < -0.39 is 0 Å². The van der Waals surface area contributed by atoms with E-state index in [4.69, 9.17) is 0 Å². The zero-order valence-electron chi connectivity index (χ0n) is 7.69. The van der Waals surface area contributed by atoms with Crippen molar-refractivity contribution >= 4 is 12.1 Å². The van der Waals surface area contributed by atoms with Gasteiger partial charge < -0.3 is 20.4 Å². The summed E-state index contributed by atoms with van der Waals surface area (Å²) in [6.07, 6.45) is 2.87. The van der Waals surface area contributed by atoms with E-state index >= 15 is 0 Å². The van der Waals surface area contributed by atoms with Gasteiger partial charge in [0.2, 0.25) is 0 Å². The normalized spacial score (nSPS) is 18.3. The Morgan fingerprint density at radius 2 is 1.21 bits per heavy atom. The Balaban J connectivity index is 1.61. The molecule has 4 amide bonds. The fraction of sp³-hybridized carbons (Fsp3) is 0.500. The van der Waals surface area contributed by atoms with Crippen LogP contribution in [-0.2, 0) is 0 Å². The van der Waals surface area contributed by atoms with E-state index in [0.29, 0.717) is 0 Å². The zero-order chi connectivity index (χ0) is 9.97. The molecule has 2 aliphatic heterocycles. The standard InChI is InChI=1S/C8H12N4O2/c13-7(11-3-4-11)9-1-2-10-8(14)12-5-6-12/h1-2H,3-6H2,(H,9,13)(H,10,14)/b2-1+. The van der Waals surface area contributed by atoms with E-state index in [2.05, 4.69) is 10.6 Å². The molecule has 0 spiro atoms. The number of nitrogens with one attached hydrogen (secondary N) is 2. The smallest absolute Gasteiger partial charge is 0.321 e. The number of hydrogen-bond acceptors (Lipinski definition) is 2. The molecule has 0 bridgehead atoms. The Labute approximate surface area is 81.5 Å². The Kier molecular flexibility index (Phi) is 2.26. The lowest BCUT2D eigenvalue weighted by molar-refractivity contribution is 0.231. The first kappa shape index (κ1) is 8.86. The predicted octanol–water partition coefficient (Wildman–Crippen LogP) is -0.492. The van der Waals surface area contributed by atoms with Crippen molar-refractivity contribution in [3.05, 3.63) is 12.4 Å². The van der Waals surface area contributed by atoms with Crippen LogP contribution in [0.5, 0.6) is 0 Å². The summed E-state index contributed by atoms with van der Waals surface area (Å²) in [5.74, 6) is 0. The summed E-state index contributed by atoms with van der Waals surface area (Å²) in [5.41, 5.74) is 0. The Morgan fingerprint density at radius 1 is 0.857 bits per heavy atom. The van der Waals surface area contributed by atoms with Crippen LogP contribution in [0.15, 0.2) is 12.4 Å². The molecule has 0 unspecified atom stereocenters. The molecule has 0 aromatic heterocycles. The highest BCUT2D eigenvalue weighted by molar-refractivity contribution is 5.78. The summed E-state index contributed by atoms with van der Waals surface area (Å²) in [5, 5.41) is 5.06. The maximum absolute atomic E-state index is 11.0. The van der Waals surface area contributed by atoms with Gasteiger partial charge in [-0.3, -0.25) is 0 Å². The summed E-state index contributed by atoms with van der Waals surface area (Å²) < 4.78 is 0. The molecule has 0 radical (unpaired) electrons. The first-order valence-electron chi connectivity index (χ1n) is 4.53.